The second-order valence-electron chi connectivity index (χ2n) is 13.4. The lowest BCUT2D eigenvalue weighted by Gasteiger charge is -2.18. The maximum absolute atomic E-state index is 13.0. The summed E-state index contributed by atoms with van der Waals surface area (Å²) in [6.07, 6.45) is 19.7. The number of carbonyl (C=O) groups excluding carboxylic acids is 4. The van der Waals surface area contributed by atoms with E-state index >= 15 is 0 Å². The van der Waals surface area contributed by atoms with Gasteiger partial charge in [0.15, 0.2) is 0 Å². The van der Waals surface area contributed by atoms with E-state index in [4.69, 9.17) is 0 Å². The molecule has 10 nitrogen and oxygen atoms in total. The standard InChI is InChI=1S/C43H54N6O4/c50-40(36-22-28-44-29-23-36)48-42(52)38(32-34-18-12-10-13-19-34)46-26-16-8-6-4-2-1-3-5-7-9-17-27-47-39(33-35-20-14-11-15-21-35)43(53)49-41(51)37-24-30-45-31-25-37/h10-15,18-25,28-31,38-39,46-47H,1-9,16-17,26-27,32-33H2,(H,48,50,52)(H,49,51,53). The third-order valence-corrected chi connectivity index (χ3v) is 9.19. The molecule has 0 saturated heterocycles. The fourth-order valence-corrected chi connectivity index (χ4v) is 6.16. The molecule has 0 fully saturated rings. The highest BCUT2D eigenvalue weighted by molar-refractivity contribution is 6.06. The number of aromatic nitrogens is 2. The van der Waals surface area contributed by atoms with Crippen LogP contribution in [0.1, 0.15) is 102 Å². The molecule has 2 atom stereocenters. The van der Waals surface area contributed by atoms with Gasteiger partial charge in [-0.15, -0.1) is 0 Å². The topological polar surface area (TPSA) is 142 Å². The number of amides is 4. The summed E-state index contributed by atoms with van der Waals surface area (Å²) in [5.74, 6) is -1.48. The molecule has 4 aromatic rings. The molecular weight excluding hydrogens is 665 g/mol. The summed E-state index contributed by atoms with van der Waals surface area (Å²) in [6, 6.07) is 25.1. The molecule has 0 radical (unpaired) electrons. The van der Waals surface area contributed by atoms with Crippen LogP contribution in [0.3, 0.4) is 0 Å². The number of hydrogen-bond donors (Lipinski definition) is 4. The van der Waals surface area contributed by atoms with Crippen molar-refractivity contribution in [3.05, 3.63) is 132 Å². The van der Waals surface area contributed by atoms with Crippen molar-refractivity contribution in [2.45, 2.75) is 95.6 Å². The van der Waals surface area contributed by atoms with E-state index in [9.17, 15) is 19.2 Å². The van der Waals surface area contributed by atoms with Crippen LogP contribution in [0, 0.1) is 0 Å². The van der Waals surface area contributed by atoms with Crippen molar-refractivity contribution in [3.63, 3.8) is 0 Å². The monoisotopic (exact) mass is 718 g/mol. The Bertz CT molecular complexity index is 1520. The lowest BCUT2D eigenvalue weighted by atomic mass is 10.0. The zero-order valence-corrected chi connectivity index (χ0v) is 30.7. The van der Waals surface area contributed by atoms with Crippen LogP contribution in [0.5, 0.6) is 0 Å². The van der Waals surface area contributed by atoms with E-state index in [-0.39, 0.29) is 11.8 Å². The lowest BCUT2D eigenvalue weighted by Crippen LogP contribution is -2.47. The fraction of sp³-hybridized carbons (Fsp3) is 0.395. The smallest absolute Gasteiger partial charge is 0.257 e. The van der Waals surface area contributed by atoms with Crippen LogP contribution in [-0.4, -0.2) is 58.8 Å². The Morgan fingerprint density at radius 1 is 0.434 bits per heavy atom. The van der Waals surface area contributed by atoms with Gasteiger partial charge in [0.05, 0.1) is 12.1 Å². The zero-order chi connectivity index (χ0) is 37.4. The second kappa shape index (κ2) is 24.2. The van der Waals surface area contributed by atoms with Gasteiger partial charge in [-0.05, 0) is 74.2 Å². The van der Waals surface area contributed by atoms with Gasteiger partial charge < -0.3 is 10.6 Å². The van der Waals surface area contributed by atoms with E-state index in [1.54, 1.807) is 24.3 Å². The summed E-state index contributed by atoms with van der Waals surface area (Å²) >= 11 is 0. The average molecular weight is 719 g/mol. The number of nitrogens with zero attached hydrogens (tertiary/aromatic N) is 2. The highest BCUT2D eigenvalue weighted by Crippen LogP contribution is 2.12. The van der Waals surface area contributed by atoms with E-state index in [2.05, 4.69) is 31.2 Å². The number of rotatable bonds is 24. The number of carbonyl (C=O) groups is 4. The molecular formula is C43H54N6O4. The first-order valence-corrected chi connectivity index (χ1v) is 19.0. The predicted molar refractivity (Wildman–Crippen MR) is 208 cm³/mol. The van der Waals surface area contributed by atoms with Crippen LogP contribution >= 0.6 is 0 Å². The van der Waals surface area contributed by atoms with E-state index < -0.39 is 23.9 Å². The van der Waals surface area contributed by atoms with E-state index in [0.717, 1.165) is 49.7 Å². The first-order chi connectivity index (χ1) is 26.0. The van der Waals surface area contributed by atoms with Crippen LogP contribution < -0.4 is 21.3 Å². The van der Waals surface area contributed by atoms with Crippen molar-refractivity contribution in [3.8, 4) is 0 Å². The molecule has 0 saturated carbocycles. The summed E-state index contributed by atoms with van der Waals surface area (Å²) in [7, 11) is 0. The molecule has 2 aromatic carbocycles. The van der Waals surface area contributed by atoms with Crippen molar-refractivity contribution in [2.24, 2.45) is 0 Å². The normalized spacial score (nSPS) is 12.1. The van der Waals surface area contributed by atoms with E-state index in [1.165, 1.54) is 56.9 Å². The van der Waals surface area contributed by atoms with Gasteiger partial charge in [0.25, 0.3) is 11.8 Å². The van der Waals surface area contributed by atoms with Crippen LogP contribution in [0.15, 0.2) is 110 Å². The lowest BCUT2D eigenvalue weighted by molar-refractivity contribution is -0.123. The number of imide groups is 2. The Morgan fingerprint density at radius 3 is 1.09 bits per heavy atom. The van der Waals surface area contributed by atoms with Crippen molar-refractivity contribution >= 4 is 23.6 Å². The first-order valence-electron chi connectivity index (χ1n) is 19.0. The molecule has 0 aliphatic carbocycles. The third kappa shape index (κ3) is 16.0. The maximum Gasteiger partial charge on any atom is 0.257 e. The van der Waals surface area contributed by atoms with Crippen LogP contribution in [0.2, 0.25) is 0 Å². The summed E-state index contributed by atoms with van der Waals surface area (Å²) < 4.78 is 0. The number of benzene rings is 2. The van der Waals surface area contributed by atoms with Crippen molar-refractivity contribution < 1.29 is 19.2 Å². The largest absolute Gasteiger partial charge is 0.306 e. The summed E-state index contributed by atoms with van der Waals surface area (Å²) in [6.45, 7) is 1.43. The van der Waals surface area contributed by atoms with Gasteiger partial charge in [-0.2, -0.15) is 0 Å². The Balaban J connectivity index is 1.04. The van der Waals surface area contributed by atoms with Gasteiger partial charge >= 0.3 is 0 Å². The molecule has 53 heavy (non-hydrogen) atoms. The number of pyridine rings is 2. The first kappa shape index (κ1) is 40.7. The van der Waals surface area contributed by atoms with Crippen LogP contribution in [-0.2, 0) is 22.4 Å². The fourth-order valence-electron chi connectivity index (χ4n) is 6.16. The quantitative estimate of drug-likeness (QED) is 0.0612. The number of hydrogen-bond acceptors (Lipinski definition) is 8. The molecule has 280 valence electrons. The highest BCUT2D eigenvalue weighted by atomic mass is 16.2. The minimum Gasteiger partial charge on any atom is -0.306 e. The maximum atomic E-state index is 13.0. The van der Waals surface area contributed by atoms with Crippen LogP contribution in [0.25, 0.3) is 0 Å². The Kier molecular flexibility index (Phi) is 18.6. The summed E-state index contributed by atoms with van der Waals surface area (Å²) in [5, 5.41) is 11.9. The SMILES string of the molecule is O=C(NC(=O)C(Cc1ccccc1)NCCCCCCCCCCCCCNC(Cc1ccccc1)C(=O)NC(=O)c1ccncc1)c1ccncc1. The van der Waals surface area contributed by atoms with E-state index in [0.29, 0.717) is 37.1 Å². The Labute approximate surface area is 314 Å². The molecule has 2 unspecified atom stereocenters. The highest BCUT2D eigenvalue weighted by Gasteiger charge is 2.22. The van der Waals surface area contributed by atoms with E-state index in [1.807, 2.05) is 60.7 Å². The Hall–Kier alpha value is -5.06. The Morgan fingerprint density at radius 2 is 0.755 bits per heavy atom. The zero-order valence-electron chi connectivity index (χ0n) is 30.7. The van der Waals surface area contributed by atoms with Gasteiger partial charge in [0, 0.05) is 35.9 Å². The van der Waals surface area contributed by atoms with Gasteiger partial charge in [0.1, 0.15) is 0 Å². The van der Waals surface area contributed by atoms with Gasteiger partial charge in [-0.25, -0.2) is 0 Å². The molecule has 0 aliphatic rings. The minimum atomic E-state index is -0.497. The van der Waals surface area contributed by atoms with Crippen molar-refractivity contribution in [1.82, 2.24) is 31.2 Å². The average Bonchev–Trinajstić information content (AvgIpc) is 3.19. The van der Waals surface area contributed by atoms with Gasteiger partial charge in [-0.1, -0.05) is 118 Å². The molecule has 4 N–H and O–H groups in total. The second-order valence-corrected chi connectivity index (χ2v) is 13.4. The third-order valence-electron chi connectivity index (χ3n) is 9.19. The molecule has 4 rings (SSSR count). The molecule has 0 spiro atoms. The predicted octanol–water partition coefficient (Wildman–Crippen LogP) is 6.38. The van der Waals surface area contributed by atoms with Gasteiger partial charge in [0.2, 0.25) is 11.8 Å². The van der Waals surface area contributed by atoms with Crippen LogP contribution in [0.4, 0.5) is 0 Å². The molecule has 0 aliphatic heterocycles. The minimum absolute atomic E-state index is 0.322. The molecule has 4 amide bonds. The van der Waals surface area contributed by atoms with Crippen molar-refractivity contribution in [2.75, 3.05) is 13.1 Å². The summed E-state index contributed by atoms with van der Waals surface area (Å²) in [5.41, 5.74) is 2.89. The summed E-state index contributed by atoms with van der Waals surface area (Å²) in [4.78, 5) is 59.1. The molecule has 10 heteroatoms. The molecule has 2 aromatic heterocycles. The molecule has 0 bridgehead atoms. The number of nitrogens with one attached hydrogen (secondary N) is 4. The van der Waals surface area contributed by atoms with Gasteiger partial charge in [-0.3, -0.25) is 39.8 Å². The van der Waals surface area contributed by atoms with Crippen molar-refractivity contribution in [1.29, 1.82) is 0 Å². The molecule has 2 heterocycles. The number of unbranched alkanes of at least 4 members (excludes halogenated alkanes) is 10.